The number of rotatable bonds is 5. The van der Waals surface area contributed by atoms with Crippen LogP contribution in [0.25, 0.3) is 0 Å². The van der Waals surface area contributed by atoms with Crippen molar-refractivity contribution in [2.45, 2.75) is 13.3 Å². The molecule has 0 aliphatic heterocycles. The van der Waals surface area contributed by atoms with Gasteiger partial charge < -0.3 is 15.7 Å². The van der Waals surface area contributed by atoms with E-state index in [1.54, 1.807) is 4.90 Å². The quantitative estimate of drug-likeness (QED) is 0.619. The number of nitrogens with zero attached hydrogens (tertiary/aromatic N) is 1. The molecule has 4 nitrogen and oxygen atoms in total. The molecule has 1 rings (SSSR count). The Kier molecular flexibility index (Phi) is 4.55. The van der Waals surface area contributed by atoms with Gasteiger partial charge in [-0.1, -0.05) is 12.8 Å². The van der Waals surface area contributed by atoms with Gasteiger partial charge in [-0.15, -0.1) is 6.42 Å². The first kappa shape index (κ1) is 13.8. The summed E-state index contributed by atoms with van der Waals surface area (Å²) in [5.74, 6) is 0.444. The van der Waals surface area contributed by atoms with E-state index in [1.807, 2.05) is 6.92 Å². The number of carboxylic acid groups (broad SMARTS) is 1. The highest BCUT2D eigenvalue weighted by atomic mass is 19.1. The third kappa shape index (κ3) is 2.72. The minimum absolute atomic E-state index is 0.237. The van der Waals surface area contributed by atoms with E-state index in [9.17, 15) is 9.18 Å². The first-order valence-electron chi connectivity index (χ1n) is 5.52. The highest BCUT2D eigenvalue weighted by Gasteiger charge is 2.20. The standard InChI is InChI=1S/C13H15FN2O2/c1-3-7-16(8-4-2)10-6-5-9(14)12(15)11(10)13(17)18/h1,5-6H,4,7-8,15H2,2H3,(H,17,18). The molecule has 0 spiro atoms. The molecule has 0 fully saturated rings. The Morgan fingerprint density at radius 1 is 1.61 bits per heavy atom. The van der Waals surface area contributed by atoms with Crippen molar-refractivity contribution < 1.29 is 14.3 Å². The largest absolute Gasteiger partial charge is 0.478 e. The van der Waals surface area contributed by atoms with Gasteiger partial charge in [0.2, 0.25) is 0 Å². The minimum atomic E-state index is -1.26. The Morgan fingerprint density at radius 3 is 2.78 bits per heavy atom. The van der Waals surface area contributed by atoms with Crippen LogP contribution in [0.15, 0.2) is 12.1 Å². The molecule has 1 aromatic carbocycles. The number of carboxylic acids is 1. The third-order valence-electron chi connectivity index (χ3n) is 2.50. The van der Waals surface area contributed by atoms with Crippen LogP contribution in [0.2, 0.25) is 0 Å². The molecule has 0 bridgehead atoms. The summed E-state index contributed by atoms with van der Waals surface area (Å²) in [6.07, 6.45) is 6.04. The van der Waals surface area contributed by atoms with Gasteiger partial charge in [0.15, 0.2) is 0 Å². The maximum atomic E-state index is 13.3. The zero-order chi connectivity index (χ0) is 13.7. The SMILES string of the molecule is C#CCN(CCC)c1ccc(F)c(N)c1C(=O)O. The van der Waals surface area contributed by atoms with E-state index in [4.69, 9.17) is 17.3 Å². The topological polar surface area (TPSA) is 66.6 Å². The van der Waals surface area contributed by atoms with Crippen molar-refractivity contribution in [1.29, 1.82) is 0 Å². The van der Waals surface area contributed by atoms with E-state index in [2.05, 4.69) is 5.92 Å². The number of anilines is 2. The lowest BCUT2D eigenvalue weighted by atomic mass is 10.1. The lowest BCUT2D eigenvalue weighted by molar-refractivity contribution is 0.0698. The first-order valence-corrected chi connectivity index (χ1v) is 5.52. The lowest BCUT2D eigenvalue weighted by Crippen LogP contribution is -2.27. The smallest absolute Gasteiger partial charge is 0.340 e. The van der Waals surface area contributed by atoms with Gasteiger partial charge in [-0.25, -0.2) is 9.18 Å². The number of hydrogen-bond donors (Lipinski definition) is 2. The number of hydrogen-bond acceptors (Lipinski definition) is 3. The second-order valence-corrected chi connectivity index (χ2v) is 3.79. The van der Waals surface area contributed by atoms with Gasteiger partial charge in [0.1, 0.15) is 11.4 Å². The molecular formula is C13H15FN2O2. The summed E-state index contributed by atoms with van der Waals surface area (Å²) in [6, 6.07) is 2.54. The molecule has 0 aliphatic carbocycles. The van der Waals surface area contributed by atoms with E-state index >= 15 is 0 Å². The molecule has 0 atom stereocenters. The normalized spacial score (nSPS) is 9.83. The van der Waals surface area contributed by atoms with Crippen LogP contribution in [-0.2, 0) is 0 Å². The number of nitrogen functional groups attached to an aromatic ring is 1. The van der Waals surface area contributed by atoms with Gasteiger partial charge in [-0.3, -0.25) is 0 Å². The van der Waals surface area contributed by atoms with Crippen molar-refractivity contribution >= 4 is 17.3 Å². The van der Waals surface area contributed by atoms with Gasteiger partial charge >= 0.3 is 5.97 Å². The van der Waals surface area contributed by atoms with Crippen LogP contribution < -0.4 is 10.6 Å². The summed E-state index contributed by atoms with van der Waals surface area (Å²) in [7, 11) is 0. The molecule has 0 radical (unpaired) electrons. The first-order chi connectivity index (χ1) is 8.52. The summed E-state index contributed by atoms with van der Waals surface area (Å²) in [6.45, 7) is 2.77. The Hall–Kier alpha value is -2.22. The number of benzene rings is 1. The summed E-state index contributed by atoms with van der Waals surface area (Å²) < 4.78 is 13.3. The molecule has 18 heavy (non-hydrogen) atoms. The molecule has 3 N–H and O–H groups in total. The van der Waals surface area contributed by atoms with E-state index in [1.165, 1.54) is 6.07 Å². The maximum Gasteiger partial charge on any atom is 0.340 e. The summed E-state index contributed by atoms with van der Waals surface area (Å²) in [4.78, 5) is 12.9. The van der Waals surface area contributed by atoms with Gasteiger partial charge in [0, 0.05) is 6.54 Å². The number of carbonyl (C=O) groups is 1. The molecule has 96 valence electrons. The van der Waals surface area contributed by atoms with Crippen LogP contribution in [-0.4, -0.2) is 24.2 Å². The Morgan fingerprint density at radius 2 is 2.28 bits per heavy atom. The van der Waals surface area contributed by atoms with Gasteiger partial charge in [0.25, 0.3) is 0 Å². The molecule has 0 unspecified atom stereocenters. The highest BCUT2D eigenvalue weighted by molar-refractivity contribution is 6.00. The fourth-order valence-electron chi connectivity index (χ4n) is 1.74. The molecule has 1 aromatic rings. The van der Waals surface area contributed by atoms with Gasteiger partial charge in [-0.05, 0) is 18.6 Å². The minimum Gasteiger partial charge on any atom is -0.478 e. The van der Waals surface area contributed by atoms with Crippen LogP contribution in [0.1, 0.15) is 23.7 Å². The second kappa shape index (κ2) is 5.92. The number of terminal acetylenes is 1. The van der Waals surface area contributed by atoms with E-state index in [-0.39, 0.29) is 17.8 Å². The maximum absolute atomic E-state index is 13.3. The molecule has 0 amide bonds. The highest BCUT2D eigenvalue weighted by Crippen LogP contribution is 2.28. The number of aromatic carboxylic acids is 1. The van der Waals surface area contributed by atoms with Gasteiger partial charge in [-0.2, -0.15) is 0 Å². The van der Waals surface area contributed by atoms with Crippen molar-refractivity contribution in [3.63, 3.8) is 0 Å². The van der Waals surface area contributed by atoms with Crippen molar-refractivity contribution in [2.75, 3.05) is 23.7 Å². The lowest BCUT2D eigenvalue weighted by Gasteiger charge is -2.24. The average molecular weight is 250 g/mol. The number of nitrogens with two attached hydrogens (primary N) is 1. The Bertz CT molecular complexity index is 494. The van der Waals surface area contributed by atoms with Crippen LogP contribution in [0, 0.1) is 18.2 Å². The molecule has 5 heteroatoms. The molecule has 0 aromatic heterocycles. The molecule has 0 saturated carbocycles. The molecule has 0 saturated heterocycles. The van der Waals surface area contributed by atoms with Crippen LogP contribution >= 0.6 is 0 Å². The van der Waals surface area contributed by atoms with Gasteiger partial charge in [0.05, 0.1) is 17.9 Å². The number of halogens is 1. The third-order valence-corrected chi connectivity index (χ3v) is 2.50. The molecule has 0 aliphatic rings. The summed E-state index contributed by atoms with van der Waals surface area (Å²) >= 11 is 0. The predicted octanol–water partition coefficient (Wildman–Crippen LogP) is 1.96. The zero-order valence-corrected chi connectivity index (χ0v) is 10.1. The average Bonchev–Trinajstić information content (AvgIpc) is 2.31. The predicted molar refractivity (Wildman–Crippen MR) is 69.1 cm³/mol. The van der Waals surface area contributed by atoms with Crippen molar-refractivity contribution in [2.24, 2.45) is 0 Å². The zero-order valence-electron chi connectivity index (χ0n) is 10.1. The van der Waals surface area contributed by atoms with Crippen LogP contribution in [0.3, 0.4) is 0 Å². The van der Waals surface area contributed by atoms with E-state index in [0.717, 1.165) is 12.5 Å². The Labute approximate surface area is 105 Å². The van der Waals surface area contributed by atoms with E-state index < -0.39 is 11.8 Å². The van der Waals surface area contributed by atoms with Crippen molar-refractivity contribution in [3.05, 3.63) is 23.5 Å². The summed E-state index contributed by atoms with van der Waals surface area (Å²) in [5.41, 5.74) is 5.23. The van der Waals surface area contributed by atoms with Crippen molar-refractivity contribution in [3.8, 4) is 12.3 Å². The van der Waals surface area contributed by atoms with Crippen LogP contribution in [0.5, 0.6) is 0 Å². The van der Waals surface area contributed by atoms with E-state index in [0.29, 0.717) is 12.2 Å². The van der Waals surface area contributed by atoms with Crippen molar-refractivity contribution in [1.82, 2.24) is 0 Å². The fourth-order valence-corrected chi connectivity index (χ4v) is 1.74. The van der Waals surface area contributed by atoms with Crippen LogP contribution in [0.4, 0.5) is 15.8 Å². The molecule has 0 heterocycles. The molecular weight excluding hydrogens is 235 g/mol. The summed E-state index contributed by atoms with van der Waals surface area (Å²) in [5, 5.41) is 9.13. The monoisotopic (exact) mass is 250 g/mol. The second-order valence-electron chi connectivity index (χ2n) is 3.79. The Balaban J connectivity index is 3.34. The fraction of sp³-hybridized carbons (Fsp3) is 0.308.